The molecule has 0 aliphatic heterocycles. The van der Waals surface area contributed by atoms with Crippen molar-refractivity contribution in [1.29, 1.82) is 0 Å². The molecule has 146 valence electrons. The number of anilines is 2. The summed E-state index contributed by atoms with van der Waals surface area (Å²) in [7, 11) is -1.92. The van der Waals surface area contributed by atoms with Crippen LogP contribution in [0.2, 0.25) is 5.02 Å². The summed E-state index contributed by atoms with van der Waals surface area (Å²) < 4.78 is 30.7. The van der Waals surface area contributed by atoms with E-state index in [1.807, 2.05) is 6.92 Å². The fourth-order valence-corrected chi connectivity index (χ4v) is 3.78. The Hall–Kier alpha value is -2.25. The van der Waals surface area contributed by atoms with Crippen LogP contribution in [0.25, 0.3) is 0 Å². The van der Waals surface area contributed by atoms with Crippen LogP contribution >= 0.6 is 11.6 Å². The minimum Gasteiger partial charge on any atom is -0.497 e. The van der Waals surface area contributed by atoms with Crippen LogP contribution in [0.15, 0.2) is 42.5 Å². The minimum absolute atomic E-state index is 0.184. The minimum atomic E-state index is -3.49. The van der Waals surface area contributed by atoms with Crippen molar-refractivity contribution >= 4 is 38.9 Å². The number of benzene rings is 2. The molecule has 0 unspecified atom stereocenters. The van der Waals surface area contributed by atoms with Gasteiger partial charge in [0, 0.05) is 23.7 Å². The summed E-state index contributed by atoms with van der Waals surface area (Å²) in [4.78, 5) is 12.1. The predicted molar refractivity (Wildman–Crippen MR) is 109 cm³/mol. The van der Waals surface area contributed by atoms with E-state index < -0.39 is 10.0 Å². The largest absolute Gasteiger partial charge is 0.497 e. The van der Waals surface area contributed by atoms with Gasteiger partial charge >= 0.3 is 0 Å². The van der Waals surface area contributed by atoms with Gasteiger partial charge in [-0.1, -0.05) is 17.7 Å². The first kappa shape index (κ1) is 21.1. The van der Waals surface area contributed by atoms with E-state index in [9.17, 15) is 13.2 Å². The number of ether oxygens (including phenoxy) is 1. The van der Waals surface area contributed by atoms with Crippen molar-refractivity contribution in [3.05, 3.63) is 53.1 Å². The van der Waals surface area contributed by atoms with E-state index in [1.54, 1.807) is 49.6 Å². The Bertz CT molecular complexity index is 898. The Morgan fingerprint density at radius 2 is 1.85 bits per heavy atom. The summed E-state index contributed by atoms with van der Waals surface area (Å²) in [5.41, 5.74) is 1.99. The summed E-state index contributed by atoms with van der Waals surface area (Å²) in [5.74, 6) is 0.519. The number of nitrogens with one attached hydrogen (secondary N) is 1. The highest BCUT2D eigenvalue weighted by Crippen LogP contribution is 2.26. The van der Waals surface area contributed by atoms with Crippen LogP contribution in [0.5, 0.6) is 5.75 Å². The second-order valence-electron chi connectivity index (χ2n) is 6.15. The van der Waals surface area contributed by atoms with E-state index in [0.717, 1.165) is 11.8 Å². The van der Waals surface area contributed by atoms with Crippen molar-refractivity contribution in [3.8, 4) is 5.75 Å². The number of rotatable bonds is 8. The first-order valence-electron chi connectivity index (χ1n) is 8.38. The average molecular weight is 411 g/mol. The van der Waals surface area contributed by atoms with Crippen molar-refractivity contribution in [1.82, 2.24) is 0 Å². The molecular formula is C19H23ClN2O4S. The number of methoxy groups -OCH3 is 1. The number of carbonyl (C=O) groups is 1. The zero-order valence-corrected chi connectivity index (χ0v) is 17.1. The standard InChI is InChI=1S/C19H23ClN2O4S/c1-14-6-7-15(20)13-18(14)22(27(3,24)25)12-4-5-19(23)21-16-8-10-17(26-2)11-9-16/h6-11,13H,4-5,12H2,1-3H3,(H,21,23). The van der Waals surface area contributed by atoms with Crippen LogP contribution in [0.4, 0.5) is 11.4 Å². The molecule has 0 radical (unpaired) electrons. The average Bonchev–Trinajstić information content (AvgIpc) is 2.61. The molecule has 0 aliphatic carbocycles. The van der Waals surface area contributed by atoms with Crippen molar-refractivity contribution in [3.63, 3.8) is 0 Å². The zero-order valence-electron chi connectivity index (χ0n) is 15.5. The third-order valence-electron chi connectivity index (χ3n) is 3.98. The molecule has 27 heavy (non-hydrogen) atoms. The molecular weight excluding hydrogens is 388 g/mol. The van der Waals surface area contributed by atoms with E-state index in [2.05, 4.69) is 5.32 Å². The van der Waals surface area contributed by atoms with Crippen LogP contribution in [0.3, 0.4) is 0 Å². The molecule has 0 bridgehead atoms. The lowest BCUT2D eigenvalue weighted by molar-refractivity contribution is -0.116. The van der Waals surface area contributed by atoms with E-state index >= 15 is 0 Å². The molecule has 1 amide bonds. The maximum atomic E-state index is 12.2. The van der Waals surface area contributed by atoms with Crippen molar-refractivity contribution in [2.45, 2.75) is 19.8 Å². The molecule has 0 saturated carbocycles. The Morgan fingerprint density at radius 3 is 2.44 bits per heavy atom. The summed E-state index contributed by atoms with van der Waals surface area (Å²) >= 11 is 6.01. The number of nitrogens with zero attached hydrogens (tertiary/aromatic N) is 1. The molecule has 0 heterocycles. The van der Waals surface area contributed by atoms with Gasteiger partial charge in [0.25, 0.3) is 0 Å². The Labute approximate surface area is 165 Å². The molecule has 2 aromatic carbocycles. The van der Waals surface area contributed by atoms with Crippen molar-refractivity contribution in [2.24, 2.45) is 0 Å². The topological polar surface area (TPSA) is 75.7 Å². The second kappa shape index (κ2) is 9.10. The SMILES string of the molecule is COc1ccc(NC(=O)CCCN(c2cc(Cl)ccc2C)S(C)(=O)=O)cc1. The van der Waals surface area contributed by atoms with E-state index in [4.69, 9.17) is 16.3 Å². The normalized spacial score (nSPS) is 11.1. The molecule has 0 spiro atoms. The lowest BCUT2D eigenvalue weighted by Gasteiger charge is -2.24. The number of carbonyl (C=O) groups excluding carboxylic acids is 1. The summed E-state index contributed by atoms with van der Waals surface area (Å²) in [5, 5.41) is 3.24. The molecule has 0 atom stereocenters. The number of aryl methyl sites for hydroxylation is 1. The van der Waals surface area contributed by atoms with Crippen molar-refractivity contribution < 1.29 is 17.9 Å². The smallest absolute Gasteiger partial charge is 0.232 e. The fraction of sp³-hybridized carbons (Fsp3) is 0.316. The lowest BCUT2D eigenvalue weighted by atomic mass is 10.2. The fourth-order valence-electron chi connectivity index (χ4n) is 2.60. The van der Waals surface area contributed by atoms with Gasteiger partial charge in [-0.05, 0) is 55.3 Å². The zero-order chi connectivity index (χ0) is 20.0. The Balaban J connectivity index is 1.99. The molecule has 2 rings (SSSR count). The van der Waals surface area contributed by atoms with Crippen LogP contribution in [-0.4, -0.2) is 34.2 Å². The summed E-state index contributed by atoms with van der Waals surface area (Å²) in [6.45, 7) is 2.01. The lowest BCUT2D eigenvalue weighted by Crippen LogP contribution is -2.32. The van der Waals surface area contributed by atoms with Gasteiger partial charge in [0.1, 0.15) is 5.75 Å². The second-order valence-corrected chi connectivity index (χ2v) is 8.49. The van der Waals surface area contributed by atoms with Gasteiger partial charge in [0.2, 0.25) is 15.9 Å². The summed E-state index contributed by atoms with van der Waals surface area (Å²) in [6.07, 6.45) is 1.71. The molecule has 0 aromatic heterocycles. The monoisotopic (exact) mass is 410 g/mol. The van der Waals surface area contributed by atoms with E-state index in [1.165, 1.54) is 4.31 Å². The Kier molecular flexibility index (Phi) is 7.10. The van der Waals surface area contributed by atoms with Crippen LogP contribution in [0, 0.1) is 6.92 Å². The van der Waals surface area contributed by atoms with Crippen LogP contribution < -0.4 is 14.4 Å². The maximum absolute atomic E-state index is 12.2. The molecule has 6 nitrogen and oxygen atoms in total. The number of hydrogen-bond donors (Lipinski definition) is 1. The molecule has 0 fully saturated rings. The highest BCUT2D eigenvalue weighted by molar-refractivity contribution is 7.92. The van der Waals surface area contributed by atoms with Gasteiger partial charge in [0.15, 0.2) is 0 Å². The highest BCUT2D eigenvalue weighted by Gasteiger charge is 2.19. The van der Waals surface area contributed by atoms with Gasteiger partial charge in [-0.2, -0.15) is 0 Å². The molecule has 2 aromatic rings. The molecule has 0 saturated heterocycles. The number of hydrogen-bond acceptors (Lipinski definition) is 4. The predicted octanol–water partition coefficient (Wildman–Crippen LogP) is 3.84. The maximum Gasteiger partial charge on any atom is 0.232 e. The van der Waals surface area contributed by atoms with Gasteiger partial charge in [-0.15, -0.1) is 0 Å². The van der Waals surface area contributed by atoms with Crippen molar-refractivity contribution in [2.75, 3.05) is 29.5 Å². The number of halogens is 1. The van der Waals surface area contributed by atoms with Gasteiger partial charge in [0.05, 0.1) is 19.1 Å². The molecule has 0 aliphatic rings. The Morgan fingerprint density at radius 1 is 1.19 bits per heavy atom. The molecule has 8 heteroatoms. The van der Waals surface area contributed by atoms with E-state index in [-0.39, 0.29) is 18.9 Å². The first-order chi connectivity index (χ1) is 12.7. The quantitative estimate of drug-likeness (QED) is 0.717. The number of sulfonamides is 1. The molecule has 1 N–H and O–H groups in total. The third kappa shape index (κ3) is 6.15. The highest BCUT2D eigenvalue weighted by atomic mass is 35.5. The van der Waals surface area contributed by atoms with Gasteiger partial charge in [-0.3, -0.25) is 9.10 Å². The number of amides is 1. The first-order valence-corrected chi connectivity index (χ1v) is 10.6. The van der Waals surface area contributed by atoms with Crippen LogP contribution in [-0.2, 0) is 14.8 Å². The summed E-state index contributed by atoms with van der Waals surface area (Å²) in [6, 6.07) is 12.1. The third-order valence-corrected chi connectivity index (χ3v) is 5.39. The van der Waals surface area contributed by atoms with E-state index in [0.29, 0.717) is 28.6 Å². The van der Waals surface area contributed by atoms with Crippen LogP contribution in [0.1, 0.15) is 18.4 Å². The van der Waals surface area contributed by atoms with Gasteiger partial charge < -0.3 is 10.1 Å². The van der Waals surface area contributed by atoms with Gasteiger partial charge in [-0.25, -0.2) is 8.42 Å².